The Balaban J connectivity index is 2.20. The lowest BCUT2D eigenvalue weighted by atomic mass is 10.1. The van der Waals surface area contributed by atoms with E-state index in [9.17, 15) is 4.79 Å². The number of benzene rings is 1. The van der Waals surface area contributed by atoms with Crippen molar-refractivity contribution < 1.29 is 4.79 Å². The zero-order valence-corrected chi connectivity index (χ0v) is 10.0. The molecular weight excluding hydrogens is 230 g/mol. The standard InChI is InChI=1S/C12H15N5O/c1-7-2-3-9(12(14)18)10(4-7)15-5-8-6-16-17-11(8)13/h2-4,6,15H,5H2,1H3,(H2,14,18)(H3,13,16,17). The van der Waals surface area contributed by atoms with Gasteiger partial charge in [-0.25, -0.2) is 0 Å². The fourth-order valence-electron chi connectivity index (χ4n) is 1.67. The van der Waals surface area contributed by atoms with Gasteiger partial charge in [0.15, 0.2) is 0 Å². The van der Waals surface area contributed by atoms with Crippen molar-refractivity contribution in [2.75, 3.05) is 11.1 Å². The van der Waals surface area contributed by atoms with Crippen LogP contribution in [0.25, 0.3) is 0 Å². The van der Waals surface area contributed by atoms with E-state index < -0.39 is 5.91 Å². The molecule has 0 spiro atoms. The maximum Gasteiger partial charge on any atom is 0.250 e. The van der Waals surface area contributed by atoms with Gasteiger partial charge in [0.25, 0.3) is 5.91 Å². The zero-order chi connectivity index (χ0) is 13.1. The van der Waals surface area contributed by atoms with E-state index in [4.69, 9.17) is 11.5 Å². The molecule has 94 valence electrons. The van der Waals surface area contributed by atoms with Crippen molar-refractivity contribution in [3.8, 4) is 0 Å². The summed E-state index contributed by atoms with van der Waals surface area (Å²) in [6.45, 7) is 2.42. The van der Waals surface area contributed by atoms with Crippen LogP contribution >= 0.6 is 0 Å². The molecule has 1 aromatic heterocycles. The molecule has 6 N–H and O–H groups in total. The van der Waals surface area contributed by atoms with Crippen LogP contribution < -0.4 is 16.8 Å². The van der Waals surface area contributed by atoms with Crippen molar-refractivity contribution in [1.29, 1.82) is 0 Å². The van der Waals surface area contributed by atoms with Crippen LogP contribution in [0.1, 0.15) is 21.5 Å². The third-order valence-electron chi connectivity index (χ3n) is 2.66. The second kappa shape index (κ2) is 4.79. The first-order chi connectivity index (χ1) is 8.58. The molecule has 0 unspecified atom stereocenters. The molecular formula is C12H15N5O. The third kappa shape index (κ3) is 2.42. The van der Waals surface area contributed by atoms with E-state index in [2.05, 4.69) is 15.5 Å². The van der Waals surface area contributed by atoms with Gasteiger partial charge in [0, 0.05) is 17.8 Å². The van der Waals surface area contributed by atoms with Crippen LogP contribution in [0.2, 0.25) is 0 Å². The highest BCUT2D eigenvalue weighted by molar-refractivity contribution is 5.98. The van der Waals surface area contributed by atoms with Crippen molar-refractivity contribution >= 4 is 17.4 Å². The van der Waals surface area contributed by atoms with Crippen LogP contribution in [-0.2, 0) is 6.54 Å². The van der Waals surface area contributed by atoms with Gasteiger partial charge < -0.3 is 16.8 Å². The van der Waals surface area contributed by atoms with Gasteiger partial charge in [-0.1, -0.05) is 6.07 Å². The molecule has 1 heterocycles. The lowest BCUT2D eigenvalue weighted by molar-refractivity contribution is 0.100. The number of anilines is 2. The molecule has 1 aromatic carbocycles. The van der Waals surface area contributed by atoms with Gasteiger partial charge in [0.05, 0.1) is 11.8 Å². The number of rotatable bonds is 4. The van der Waals surface area contributed by atoms with Gasteiger partial charge in [-0.05, 0) is 24.6 Å². The summed E-state index contributed by atoms with van der Waals surface area (Å²) in [5.41, 5.74) is 14.0. The van der Waals surface area contributed by atoms with Gasteiger partial charge in [0.1, 0.15) is 5.82 Å². The molecule has 0 atom stereocenters. The summed E-state index contributed by atoms with van der Waals surface area (Å²) in [6, 6.07) is 5.42. The zero-order valence-electron chi connectivity index (χ0n) is 10.0. The number of nitrogens with two attached hydrogens (primary N) is 2. The molecule has 0 saturated heterocycles. The number of amides is 1. The summed E-state index contributed by atoms with van der Waals surface area (Å²) >= 11 is 0. The van der Waals surface area contributed by atoms with Crippen LogP contribution in [0.4, 0.5) is 11.5 Å². The predicted octanol–water partition coefficient (Wildman–Crippen LogP) is 1.01. The maximum atomic E-state index is 11.3. The summed E-state index contributed by atoms with van der Waals surface area (Å²) in [6.07, 6.45) is 1.64. The maximum absolute atomic E-state index is 11.3. The molecule has 6 nitrogen and oxygen atoms in total. The van der Waals surface area contributed by atoms with Gasteiger partial charge in [-0.3, -0.25) is 9.89 Å². The second-order valence-corrected chi connectivity index (χ2v) is 4.08. The van der Waals surface area contributed by atoms with Crippen molar-refractivity contribution in [3.05, 3.63) is 41.1 Å². The topological polar surface area (TPSA) is 110 Å². The number of carbonyl (C=O) groups excluding carboxylic acids is 1. The van der Waals surface area contributed by atoms with Gasteiger partial charge in [-0.15, -0.1) is 0 Å². The Hall–Kier alpha value is -2.50. The Labute approximate surface area is 104 Å². The van der Waals surface area contributed by atoms with E-state index >= 15 is 0 Å². The minimum Gasteiger partial charge on any atom is -0.384 e. The molecule has 18 heavy (non-hydrogen) atoms. The van der Waals surface area contributed by atoms with Crippen LogP contribution in [0.15, 0.2) is 24.4 Å². The van der Waals surface area contributed by atoms with Crippen molar-refractivity contribution in [3.63, 3.8) is 0 Å². The number of H-pyrrole nitrogens is 1. The summed E-state index contributed by atoms with van der Waals surface area (Å²) in [4.78, 5) is 11.3. The number of aromatic nitrogens is 2. The number of nitrogens with one attached hydrogen (secondary N) is 2. The molecule has 1 amide bonds. The van der Waals surface area contributed by atoms with Crippen LogP contribution in [0.5, 0.6) is 0 Å². The minimum atomic E-state index is -0.460. The lowest BCUT2D eigenvalue weighted by Gasteiger charge is -2.10. The Kier molecular flexibility index (Phi) is 3.18. The number of primary amides is 1. The average molecular weight is 245 g/mol. The van der Waals surface area contributed by atoms with E-state index in [1.165, 1.54) is 0 Å². The van der Waals surface area contributed by atoms with Gasteiger partial charge in [0.2, 0.25) is 0 Å². The van der Waals surface area contributed by atoms with Crippen LogP contribution in [0.3, 0.4) is 0 Å². The van der Waals surface area contributed by atoms with E-state index in [1.807, 2.05) is 19.1 Å². The van der Waals surface area contributed by atoms with Gasteiger partial charge >= 0.3 is 0 Å². The number of nitrogen functional groups attached to an aromatic ring is 1. The molecule has 0 aliphatic carbocycles. The molecule has 0 bridgehead atoms. The van der Waals surface area contributed by atoms with E-state index in [-0.39, 0.29) is 0 Å². The molecule has 2 rings (SSSR count). The Morgan fingerprint density at radius 3 is 2.89 bits per heavy atom. The Morgan fingerprint density at radius 1 is 1.50 bits per heavy atom. The molecule has 0 radical (unpaired) electrons. The smallest absolute Gasteiger partial charge is 0.250 e. The minimum absolute atomic E-state index is 0.460. The second-order valence-electron chi connectivity index (χ2n) is 4.08. The molecule has 6 heteroatoms. The molecule has 2 aromatic rings. The normalized spacial score (nSPS) is 10.3. The molecule has 0 aliphatic heterocycles. The Morgan fingerprint density at radius 2 is 2.28 bits per heavy atom. The number of hydrogen-bond donors (Lipinski definition) is 4. The largest absolute Gasteiger partial charge is 0.384 e. The summed E-state index contributed by atoms with van der Waals surface area (Å²) in [7, 11) is 0. The first-order valence-electron chi connectivity index (χ1n) is 5.50. The fraction of sp³-hybridized carbons (Fsp3) is 0.167. The van der Waals surface area contributed by atoms with Crippen molar-refractivity contribution in [2.45, 2.75) is 13.5 Å². The fourth-order valence-corrected chi connectivity index (χ4v) is 1.67. The predicted molar refractivity (Wildman–Crippen MR) is 70.0 cm³/mol. The number of aromatic amines is 1. The summed E-state index contributed by atoms with van der Waals surface area (Å²) < 4.78 is 0. The highest BCUT2D eigenvalue weighted by Crippen LogP contribution is 2.18. The number of aryl methyl sites for hydroxylation is 1. The number of nitrogens with zero attached hydrogens (tertiary/aromatic N) is 1. The van der Waals surface area contributed by atoms with Gasteiger partial charge in [-0.2, -0.15) is 5.10 Å². The average Bonchev–Trinajstić information content (AvgIpc) is 2.72. The van der Waals surface area contributed by atoms with Crippen LogP contribution in [-0.4, -0.2) is 16.1 Å². The quantitative estimate of drug-likeness (QED) is 0.644. The third-order valence-corrected chi connectivity index (χ3v) is 2.66. The number of hydrogen-bond acceptors (Lipinski definition) is 4. The molecule has 0 saturated carbocycles. The monoisotopic (exact) mass is 245 g/mol. The van der Waals surface area contributed by atoms with E-state index in [0.29, 0.717) is 23.6 Å². The lowest BCUT2D eigenvalue weighted by Crippen LogP contribution is -2.14. The molecule has 0 aliphatic rings. The van der Waals surface area contributed by atoms with E-state index in [1.54, 1.807) is 12.3 Å². The van der Waals surface area contributed by atoms with Crippen LogP contribution in [0, 0.1) is 6.92 Å². The number of carbonyl (C=O) groups is 1. The summed E-state index contributed by atoms with van der Waals surface area (Å²) in [5.74, 6) is 0.0495. The molecule has 0 fully saturated rings. The van der Waals surface area contributed by atoms with Crippen molar-refractivity contribution in [2.24, 2.45) is 5.73 Å². The highest BCUT2D eigenvalue weighted by Gasteiger charge is 2.09. The van der Waals surface area contributed by atoms with E-state index in [0.717, 1.165) is 11.1 Å². The Bertz CT molecular complexity index is 576. The van der Waals surface area contributed by atoms with Crippen molar-refractivity contribution in [1.82, 2.24) is 10.2 Å². The SMILES string of the molecule is Cc1ccc(C(N)=O)c(NCc2cn[nH]c2N)c1. The highest BCUT2D eigenvalue weighted by atomic mass is 16.1. The first-order valence-corrected chi connectivity index (χ1v) is 5.50. The summed E-state index contributed by atoms with van der Waals surface area (Å²) in [5, 5.41) is 9.62. The first kappa shape index (κ1) is 12.0.